The van der Waals surface area contributed by atoms with E-state index in [4.69, 9.17) is 16.0 Å². The van der Waals surface area contributed by atoms with Crippen molar-refractivity contribution in [3.05, 3.63) is 29.2 Å². The fourth-order valence-corrected chi connectivity index (χ4v) is 2.43. The first kappa shape index (κ1) is 12.4. The molecule has 0 saturated carbocycles. The Morgan fingerprint density at radius 2 is 2.05 bits per heavy atom. The number of anilines is 1. The lowest BCUT2D eigenvalue weighted by molar-refractivity contribution is 0.542. The number of hydrogen-bond acceptors (Lipinski definition) is 5. The zero-order valence-corrected chi connectivity index (χ0v) is 11.4. The minimum Gasteiger partial charge on any atom is -0.441 e. The number of halogens is 1. The molecule has 0 bridgehead atoms. The van der Waals surface area contributed by atoms with Crippen LogP contribution in [-0.2, 0) is 0 Å². The van der Waals surface area contributed by atoms with E-state index in [1.807, 2.05) is 13.0 Å². The quantitative estimate of drug-likeness (QED) is 0.912. The van der Waals surface area contributed by atoms with Crippen molar-refractivity contribution in [3.8, 4) is 11.5 Å². The van der Waals surface area contributed by atoms with Crippen LogP contribution in [0.15, 0.2) is 22.9 Å². The van der Waals surface area contributed by atoms with Gasteiger partial charge in [-0.05, 0) is 13.0 Å². The monoisotopic (exact) mass is 278 g/mol. The highest BCUT2D eigenvalue weighted by atomic mass is 35.5. The fourth-order valence-electron chi connectivity index (χ4n) is 2.15. The maximum Gasteiger partial charge on any atom is 0.227 e. The Kier molecular flexibility index (Phi) is 3.40. The number of piperazine rings is 1. The molecule has 1 aliphatic heterocycles. The summed E-state index contributed by atoms with van der Waals surface area (Å²) in [6.45, 7) is 5.62. The Hall–Kier alpha value is -1.59. The van der Waals surface area contributed by atoms with Crippen LogP contribution in [0.25, 0.3) is 11.5 Å². The van der Waals surface area contributed by atoms with Gasteiger partial charge < -0.3 is 14.6 Å². The van der Waals surface area contributed by atoms with Crippen molar-refractivity contribution in [1.82, 2.24) is 15.3 Å². The van der Waals surface area contributed by atoms with E-state index < -0.39 is 0 Å². The highest BCUT2D eigenvalue weighted by molar-refractivity contribution is 6.33. The number of pyridine rings is 1. The summed E-state index contributed by atoms with van der Waals surface area (Å²) < 4.78 is 5.48. The molecule has 0 amide bonds. The van der Waals surface area contributed by atoms with Crippen LogP contribution in [0.5, 0.6) is 0 Å². The molecular formula is C13H15ClN4O. The van der Waals surface area contributed by atoms with E-state index in [2.05, 4.69) is 20.2 Å². The average molecular weight is 279 g/mol. The Labute approximate surface area is 116 Å². The molecule has 0 spiro atoms. The zero-order valence-electron chi connectivity index (χ0n) is 10.7. The van der Waals surface area contributed by atoms with Gasteiger partial charge in [-0.25, -0.2) is 9.97 Å². The second-order valence-corrected chi connectivity index (χ2v) is 4.95. The molecule has 3 heterocycles. The van der Waals surface area contributed by atoms with Gasteiger partial charge in [0.1, 0.15) is 11.6 Å². The molecule has 100 valence electrons. The summed E-state index contributed by atoms with van der Waals surface area (Å²) in [5.41, 5.74) is 0.803. The van der Waals surface area contributed by atoms with Crippen molar-refractivity contribution in [1.29, 1.82) is 0 Å². The second kappa shape index (κ2) is 5.19. The summed E-state index contributed by atoms with van der Waals surface area (Å²) in [6.07, 6.45) is 3.45. The smallest absolute Gasteiger partial charge is 0.227 e. The number of rotatable bonds is 2. The molecule has 0 aromatic carbocycles. The van der Waals surface area contributed by atoms with Crippen molar-refractivity contribution in [2.45, 2.75) is 6.92 Å². The van der Waals surface area contributed by atoms with Crippen LogP contribution in [-0.4, -0.2) is 36.1 Å². The number of aryl methyl sites for hydroxylation is 1. The third kappa shape index (κ3) is 2.57. The fraction of sp³-hybridized carbons (Fsp3) is 0.385. The number of oxazole rings is 1. The predicted molar refractivity (Wildman–Crippen MR) is 74.6 cm³/mol. The van der Waals surface area contributed by atoms with E-state index in [9.17, 15) is 0 Å². The molecule has 0 radical (unpaired) electrons. The summed E-state index contributed by atoms with van der Waals surface area (Å²) in [6, 6.07) is 1.86. The van der Waals surface area contributed by atoms with Gasteiger partial charge in [-0.1, -0.05) is 11.6 Å². The van der Waals surface area contributed by atoms with Crippen LogP contribution in [0, 0.1) is 6.92 Å². The predicted octanol–water partition coefficient (Wildman–Crippen LogP) is 2.11. The van der Waals surface area contributed by atoms with E-state index >= 15 is 0 Å². The van der Waals surface area contributed by atoms with Crippen molar-refractivity contribution >= 4 is 17.4 Å². The van der Waals surface area contributed by atoms with Gasteiger partial charge >= 0.3 is 0 Å². The van der Waals surface area contributed by atoms with E-state index in [1.165, 1.54) is 0 Å². The summed E-state index contributed by atoms with van der Waals surface area (Å²) in [7, 11) is 0. The Morgan fingerprint density at radius 3 is 2.68 bits per heavy atom. The number of hydrogen-bond donors (Lipinski definition) is 1. The highest BCUT2D eigenvalue weighted by Gasteiger charge is 2.16. The van der Waals surface area contributed by atoms with Crippen LogP contribution in [0.4, 0.5) is 5.82 Å². The SMILES string of the molecule is Cc1cnc(-c2cnc(N3CCNCC3)c(Cl)c2)o1. The molecular weight excluding hydrogens is 264 g/mol. The van der Waals surface area contributed by atoms with Crippen molar-refractivity contribution in [2.75, 3.05) is 31.1 Å². The lowest BCUT2D eigenvalue weighted by Gasteiger charge is -2.29. The van der Waals surface area contributed by atoms with Crippen LogP contribution in [0.3, 0.4) is 0 Å². The van der Waals surface area contributed by atoms with Crippen LogP contribution < -0.4 is 10.2 Å². The molecule has 1 saturated heterocycles. The zero-order chi connectivity index (χ0) is 13.2. The Morgan fingerprint density at radius 1 is 1.26 bits per heavy atom. The first-order valence-corrected chi connectivity index (χ1v) is 6.66. The Bertz CT molecular complexity index is 578. The molecule has 5 nitrogen and oxygen atoms in total. The maximum atomic E-state index is 6.33. The van der Waals surface area contributed by atoms with Gasteiger partial charge in [0.15, 0.2) is 0 Å². The third-order valence-electron chi connectivity index (χ3n) is 3.11. The largest absolute Gasteiger partial charge is 0.441 e. The summed E-state index contributed by atoms with van der Waals surface area (Å²) in [5, 5.41) is 3.94. The normalized spacial score (nSPS) is 15.8. The number of nitrogens with zero attached hydrogens (tertiary/aromatic N) is 3. The standard InChI is InChI=1S/C13H15ClN4O/c1-9-7-17-13(19-9)10-6-11(14)12(16-8-10)18-4-2-15-3-5-18/h6-8,15H,2-5H2,1H3. The van der Waals surface area contributed by atoms with Gasteiger partial charge in [-0.2, -0.15) is 0 Å². The lowest BCUT2D eigenvalue weighted by atomic mass is 10.2. The molecule has 19 heavy (non-hydrogen) atoms. The average Bonchev–Trinajstić information content (AvgIpc) is 2.86. The van der Waals surface area contributed by atoms with Gasteiger partial charge in [0.25, 0.3) is 0 Å². The molecule has 0 atom stereocenters. The molecule has 0 unspecified atom stereocenters. The molecule has 1 fully saturated rings. The van der Waals surface area contributed by atoms with Crippen LogP contribution in [0.2, 0.25) is 5.02 Å². The minimum atomic E-state index is 0.554. The van der Waals surface area contributed by atoms with Gasteiger partial charge in [-0.15, -0.1) is 0 Å². The molecule has 2 aromatic heterocycles. The van der Waals surface area contributed by atoms with Crippen molar-refractivity contribution in [2.24, 2.45) is 0 Å². The van der Waals surface area contributed by atoms with Gasteiger partial charge in [0.2, 0.25) is 5.89 Å². The third-order valence-corrected chi connectivity index (χ3v) is 3.38. The first-order valence-electron chi connectivity index (χ1n) is 6.28. The van der Waals surface area contributed by atoms with E-state index in [1.54, 1.807) is 12.4 Å². The lowest BCUT2D eigenvalue weighted by Crippen LogP contribution is -2.44. The molecule has 1 aliphatic rings. The van der Waals surface area contributed by atoms with Gasteiger partial charge in [-0.3, -0.25) is 0 Å². The maximum absolute atomic E-state index is 6.33. The van der Waals surface area contributed by atoms with E-state index in [0.29, 0.717) is 10.9 Å². The summed E-state index contributed by atoms with van der Waals surface area (Å²) in [4.78, 5) is 10.8. The van der Waals surface area contributed by atoms with E-state index in [-0.39, 0.29) is 0 Å². The molecule has 6 heteroatoms. The highest BCUT2D eigenvalue weighted by Crippen LogP contribution is 2.28. The number of aromatic nitrogens is 2. The van der Waals surface area contributed by atoms with Crippen LogP contribution in [0.1, 0.15) is 5.76 Å². The number of nitrogens with one attached hydrogen (secondary N) is 1. The van der Waals surface area contributed by atoms with Crippen molar-refractivity contribution < 1.29 is 4.42 Å². The summed E-state index contributed by atoms with van der Waals surface area (Å²) >= 11 is 6.33. The van der Waals surface area contributed by atoms with E-state index in [0.717, 1.165) is 43.3 Å². The molecule has 2 aromatic rings. The Balaban J connectivity index is 1.89. The molecule has 0 aliphatic carbocycles. The van der Waals surface area contributed by atoms with Gasteiger partial charge in [0, 0.05) is 32.4 Å². The first-order chi connectivity index (χ1) is 9.24. The minimum absolute atomic E-state index is 0.554. The topological polar surface area (TPSA) is 54.2 Å². The molecule has 3 rings (SSSR count). The second-order valence-electron chi connectivity index (χ2n) is 4.54. The van der Waals surface area contributed by atoms with Crippen LogP contribution >= 0.6 is 11.6 Å². The van der Waals surface area contributed by atoms with Crippen molar-refractivity contribution in [3.63, 3.8) is 0 Å². The van der Waals surface area contributed by atoms with Gasteiger partial charge in [0.05, 0.1) is 16.8 Å². The summed E-state index contributed by atoms with van der Waals surface area (Å²) in [5.74, 6) is 2.16. The molecule has 1 N–H and O–H groups in total.